The van der Waals surface area contributed by atoms with E-state index in [4.69, 9.17) is 4.98 Å². The Hall–Kier alpha value is -1.19. The summed E-state index contributed by atoms with van der Waals surface area (Å²) in [4.78, 5) is 4.81. The molecule has 1 N–H and O–H groups in total. The van der Waals surface area contributed by atoms with E-state index in [1.807, 2.05) is 0 Å². The molecule has 0 bridgehead atoms. The fourth-order valence-electron chi connectivity index (χ4n) is 2.62. The Kier molecular flexibility index (Phi) is 3.65. The first-order valence-electron chi connectivity index (χ1n) is 7.34. The highest BCUT2D eigenvalue weighted by Gasteiger charge is 2.20. The summed E-state index contributed by atoms with van der Waals surface area (Å²) in [6, 6.07) is 9.32. The van der Waals surface area contributed by atoms with Gasteiger partial charge in [-0.05, 0) is 30.4 Å². The molecule has 0 spiro atoms. The van der Waals surface area contributed by atoms with Crippen LogP contribution in [0, 0.1) is 0 Å². The van der Waals surface area contributed by atoms with Crippen molar-refractivity contribution in [1.82, 2.24) is 10.3 Å². The van der Waals surface area contributed by atoms with Crippen molar-refractivity contribution in [2.24, 2.45) is 0 Å². The molecule has 0 amide bonds. The molecule has 1 aliphatic rings. The van der Waals surface area contributed by atoms with Crippen LogP contribution >= 0.6 is 11.3 Å². The average molecular weight is 286 g/mol. The van der Waals surface area contributed by atoms with Crippen molar-refractivity contribution in [3.8, 4) is 11.3 Å². The lowest BCUT2D eigenvalue weighted by Crippen LogP contribution is -2.12. The van der Waals surface area contributed by atoms with E-state index in [0.717, 1.165) is 12.2 Å². The Labute approximate surface area is 125 Å². The highest BCUT2D eigenvalue weighted by Crippen LogP contribution is 2.31. The zero-order valence-corrected chi connectivity index (χ0v) is 13.3. The molecule has 1 aliphatic heterocycles. The Bertz CT molecular complexity index is 572. The van der Waals surface area contributed by atoms with E-state index in [1.54, 1.807) is 11.3 Å². The first-order chi connectivity index (χ1) is 9.54. The van der Waals surface area contributed by atoms with Gasteiger partial charge in [0.1, 0.15) is 5.01 Å². The maximum atomic E-state index is 4.81. The van der Waals surface area contributed by atoms with Gasteiger partial charge < -0.3 is 5.32 Å². The van der Waals surface area contributed by atoms with Gasteiger partial charge in [0, 0.05) is 10.9 Å². The Morgan fingerprint density at radius 1 is 1.20 bits per heavy atom. The molecule has 2 aromatic rings. The second-order valence-corrected chi connectivity index (χ2v) is 7.44. The van der Waals surface area contributed by atoms with Gasteiger partial charge in [-0.2, -0.15) is 0 Å². The monoisotopic (exact) mass is 286 g/mol. The van der Waals surface area contributed by atoms with Crippen LogP contribution in [-0.4, -0.2) is 11.5 Å². The first kappa shape index (κ1) is 13.8. The molecular weight excluding hydrogens is 264 g/mol. The van der Waals surface area contributed by atoms with Crippen molar-refractivity contribution in [3.05, 3.63) is 40.2 Å². The molecule has 0 aliphatic carbocycles. The van der Waals surface area contributed by atoms with Gasteiger partial charge in [-0.1, -0.05) is 45.0 Å². The van der Waals surface area contributed by atoms with E-state index in [1.165, 1.54) is 29.0 Å². The summed E-state index contributed by atoms with van der Waals surface area (Å²) >= 11 is 1.78. The molecule has 1 aromatic heterocycles. The van der Waals surface area contributed by atoms with Crippen LogP contribution in [0.2, 0.25) is 0 Å². The summed E-state index contributed by atoms with van der Waals surface area (Å²) in [6.07, 6.45) is 2.48. The number of thiazole rings is 1. The quantitative estimate of drug-likeness (QED) is 0.877. The van der Waals surface area contributed by atoms with Gasteiger partial charge >= 0.3 is 0 Å². The summed E-state index contributed by atoms with van der Waals surface area (Å²) in [5.74, 6) is 0. The minimum Gasteiger partial charge on any atom is -0.308 e. The largest absolute Gasteiger partial charge is 0.308 e. The highest BCUT2D eigenvalue weighted by atomic mass is 32.1. The topological polar surface area (TPSA) is 24.9 Å². The van der Waals surface area contributed by atoms with Gasteiger partial charge in [-0.25, -0.2) is 4.98 Å². The number of rotatable bonds is 2. The lowest BCUT2D eigenvalue weighted by atomic mass is 9.86. The van der Waals surface area contributed by atoms with Crippen molar-refractivity contribution >= 4 is 11.3 Å². The minimum atomic E-state index is 0.208. The van der Waals surface area contributed by atoms with Crippen molar-refractivity contribution in [2.75, 3.05) is 6.54 Å². The normalized spacial score (nSPS) is 19.4. The molecule has 0 radical (unpaired) electrons. The van der Waals surface area contributed by atoms with Crippen molar-refractivity contribution in [2.45, 2.75) is 45.1 Å². The Balaban J connectivity index is 1.82. The van der Waals surface area contributed by atoms with Crippen LogP contribution in [0.1, 0.15) is 50.2 Å². The third-order valence-electron chi connectivity index (χ3n) is 3.93. The fraction of sp³-hybridized carbons (Fsp3) is 0.471. The molecule has 2 heterocycles. The summed E-state index contributed by atoms with van der Waals surface area (Å²) in [5, 5.41) is 6.93. The van der Waals surface area contributed by atoms with E-state index in [9.17, 15) is 0 Å². The molecule has 3 rings (SSSR count). The van der Waals surface area contributed by atoms with Crippen molar-refractivity contribution in [3.63, 3.8) is 0 Å². The number of aromatic nitrogens is 1. The molecule has 2 nitrogen and oxygen atoms in total. The molecule has 0 saturated carbocycles. The predicted octanol–water partition coefficient (Wildman–Crippen LogP) is 4.53. The van der Waals surface area contributed by atoms with Crippen LogP contribution < -0.4 is 5.32 Å². The molecule has 1 fully saturated rings. The molecule has 106 valence electrons. The zero-order valence-electron chi connectivity index (χ0n) is 12.4. The van der Waals surface area contributed by atoms with E-state index < -0.39 is 0 Å². The number of nitrogens with one attached hydrogen (secondary N) is 1. The lowest BCUT2D eigenvalue weighted by molar-refractivity contribution is 0.590. The van der Waals surface area contributed by atoms with Gasteiger partial charge in [0.15, 0.2) is 0 Å². The van der Waals surface area contributed by atoms with Gasteiger partial charge in [-0.3, -0.25) is 0 Å². The van der Waals surface area contributed by atoms with Crippen LogP contribution in [0.25, 0.3) is 11.3 Å². The summed E-state index contributed by atoms with van der Waals surface area (Å²) in [6.45, 7) is 7.86. The lowest BCUT2D eigenvalue weighted by Gasteiger charge is -2.18. The summed E-state index contributed by atoms with van der Waals surface area (Å²) < 4.78 is 0. The molecule has 20 heavy (non-hydrogen) atoms. The Morgan fingerprint density at radius 2 is 1.95 bits per heavy atom. The SMILES string of the molecule is CC(C)(C)c1ccc(-c2csc(C3CCCN3)n2)cc1. The zero-order chi connectivity index (χ0) is 14.2. The minimum absolute atomic E-state index is 0.208. The average Bonchev–Trinajstić information content (AvgIpc) is 3.09. The maximum absolute atomic E-state index is 4.81. The standard InChI is InChI=1S/C17H22N2S/c1-17(2,3)13-8-6-12(7-9-13)15-11-20-16(19-15)14-5-4-10-18-14/h6-9,11,14,18H,4-5,10H2,1-3H3. The van der Waals surface area contributed by atoms with Crippen LogP contribution in [0.5, 0.6) is 0 Å². The molecule has 3 heteroatoms. The smallest absolute Gasteiger partial charge is 0.110 e. The number of benzene rings is 1. The van der Waals surface area contributed by atoms with Crippen LogP contribution in [0.3, 0.4) is 0 Å². The van der Waals surface area contributed by atoms with Gasteiger partial charge in [0.25, 0.3) is 0 Å². The van der Waals surface area contributed by atoms with Crippen molar-refractivity contribution < 1.29 is 0 Å². The van der Waals surface area contributed by atoms with Gasteiger partial charge in [-0.15, -0.1) is 11.3 Å². The van der Waals surface area contributed by atoms with Crippen LogP contribution in [0.4, 0.5) is 0 Å². The van der Waals surface area contributed by atoms with E-state index >= 15 is 0 Å². The number of hydrogen-bond donors (Lipinski definition) is 1. The number of nitrogens with zero attached hydrogens (tertiary/aromatic N) is 1. The third kappa shape index (κ3) is 2.79. The summed E-state index contributed by atoms with van der Waals surface area (Å²) in [7, 11) is 0. The van der Waals surface area contributed by atoms with E-state index in [-0.39, 0.29) is 5.41 Å². The predicted molar refractivity (Wildman–Crippen MR) is 86.2 cm³/mol. The first-order valence-corrected chi connectivity index (χ1v) is 8.22. The molecule has 1 unspecified atom stereocenters. The third-order valence-corrected chi connectivity index (χ3v) is 4.89. The van der Waals surface area contributed by atoms with Gasteiger partial charge in [0.05, 0.1) is 11.7 Å². The molecular formula is C17H22N2S. The summed E-state index contributed by atoms with van der Waals surface area (Å²) in [5.41, 5.74) is 3.91. The molecule has 1 atom stereocenters. The maximum Gasteiger partial charge on any atom is 0.110 e. The fourth-order valence-corrected chi connectivity index (χ4v) is 3.55. The van der Waals surface area contributed by atoms with Crippen LogP contribution in [-0.2, 0) is 5.41 Å². The van der Waals surface area contributed by atoms with E-state index in [0.29, 0.717) is 6.04 Å². The number of hydrogen-bond acceptors (Lipinski definition) is 3. The van der Waals surface area contributed by atoms with Crippen LogP contribution in [0.15, 0.2) is 29.6 Å². The highest BCUT2D eigenvalue weighted by molar-refractivity contribution is 7.10. The second-order valence-electron chi connectivity index (χ2n) is 6.55. The van der Waals surface area contributed by atoms with Crippen molar-refractivity contribution in [1.29, 1.82) is 0 Å². The Morgan fingerprint density at radius 3 is 2.55 bits per heavy atom. The van der Waals surface area contributed by atoms with E-state index in [2.05, 4.69) is 55.7 Å². The molecule has 1 saturated heterocycles. The molecule has 1 aromatic carbocycles. The second kappa shape index (κ2) is 5.30. The van der Waals surface area contributed by atoms with Gasteiger partial charge in [0.2, 0.25) is 0 Å².